The normalized spacial score (nSPS) is 11.0. The highest BCUT2D eigenvalue weighted by molar-refractivity contribution is 7.91. The fourth-order valence-electron chi connectivity index (χ4n) is 2.51. The van der Waals surface area contributed by atoms with Gasteiger partial charge in [0.2, 0.25) is 0 Å². The van der Waals surface area contributed by atoms with Gasteiger partial charge in [-0.3, -0.25) is 4.79 Å². The van der Waals surface area contributed by atoms with Gasteiger partial charge in [-0.05, 0) is 49.2 Å². The predicted octanol–water partition coefficient (Wildman–Crippen LogP) is 2.89. The number of aryl methyl sites for hydroxylation is 1. The molecule has 0 aliphatic carbocycles. The first-order valence-corrected chi connectivity index (χ1v) is 9.98. The first-order valence-electron chi connectivity index (χ1n) is 8.33. The van der Waals surface area contributed by atoms with Gasteiger partial charge >= 0.3 is 5.97 Å². The Morgan fingerprint density at radius 3 is 2.48 bits per heavy atom. The molecule has 2 N–H and O–H groups in total. The van der Waals surface area contributed by atoms with Gasteiger partial charge in [-0.15, -0.1) is 0 Å². The molecule has 0 spiro atoms. The first-order chi connectivity index (χ1) is 12.7. The fourth-order valence-corrected chi connectivity index (χ4v) is 4.04. The van der Waals surface area contributed by atoms with E-state index in [2.05, 4.69) is 5.32 Å². The van der Waals surface area contributed by atoms with Crippen molar-refractivity contribution in [3.63, 3.8) is 0 Å². The summed E-state index contributed by atoms with van der Waals surface area (Å²) in [7, 11) is -3.55. The standard InChI is InChI=1S/C19H21NO6S/c1-3-10-27(24,25)17-7-5-4-6-15(17)19(23)20-16-9-8-14(11-13(16)2)26-12-18(21)22/h4-9,11H,3,10,12H2,1-2H3,(H,20,23)(H,21,22). The largest absolute Gasteiger partial charge is 0.482 e. The Kier molecular flexibility index (Phi) is 6.57. The zero-order valence-corrected chi connectivity index (χ0v) is 15.9. The maximum absolute atomic E-state index is 12.7. The van der Waals surface area contributed by atoms with E-state index >= 15 is 0 Å². The summed E-state index contributed by atoms with van der Waals surface area (Å²) in [6.45, 7) is 3.02. The molecular formula is C19H21NO6S. The Hall–Kier alpha value is -2.87. The van der Waals surface area contributed by atoms with Crippen LogP contribution in [0.1, 0.15) is 29.3 Å². The number of carbonyl (C=O) groups is 2. The van der Waals surface area contributed by atoms with Crippen molar-refractivity contribution in [2.24, 2.45) is 0 Å². The molecule has 0 fully saturated rings. The quantitative estimate of drug-likeness (QED) is 0.716. The van der Waals surface area contributed by atoms with E-state index in [-0.39, 0.29) is 16.2 Å². The van der Waals surface area contributed by atoms with Crippen molar-refractivity contribution in [3.05, 3.63) is 53.6 Å². The van der Waals surface area contributed by atoms with Gasteiger partial charge in [0.05, 0.1) is 16.2 Å². The summed E-state index contributed by atoms with van der Waals surface area (Å²) in [5.41, 5.74) is 1.21. The summed E-state index contributed by atoms with van der Waals surface area (Å²) in [5.74, 6) is -1.30. The molecule has 144 valence electrons. The van der Waals surface area contributed by atoms with Crippen LogP contribution in [-0.4, -0.2) is 37.8 Å². The number of carboxylic acids is 1. The summed E-state index contributed by atoms with van der Waals surface area (Å²) in [6.07, 6.45) is 0.454. The second kappa shape index (κ2) is 8.68. The molecule has 0 saturated carbocycles. The number of hydrogen-bond donors (Lipinski definition) is 2. The van der Waals surface area contributed by atoms with E-state index in [1.165, 1.54) is 18.2 Å². The second-order valence-electron chi connectivity index (χ2n) is 5.93. The topological polar surface area (TPSA) is 110 Å². The molecule has 0 aromatic heterocycles. The van der Waals surface area contributed by atoms with E-state index in [4.69, 9.17) is 9.84 Å². The van der Waals surface area contributed by atoms with Crippen molar-refractivity contribution in [2.45, 2.75) is 25.2 Å². The van der Waals surface area contributed by atoms with Crippen molar-refractivity contribution in [2.75, 3.05) is 17.7 Å². The summed E-state index contributed by atoms with van der Waals surface area (Å²) in [6, 6.07) is 10.8. The van der Waals surface area contributed by atoms with Crippen LogP contribution in [-0.2, 0) is 14.6 Å². The molecule has 0 aliphatic heterocycles. The Balaban J connectivity index is 2.25. The van der Waals surface area contributed by atoms with Gasteiger partial charge in [-0.2, -0.15) is 0 Å². The Morgan fingerprint density at radius 1 is 1.15 bits per heavy atom. The third-order valence-corrected chi connectivity index (χ3v) is 5.72. The van der Waals surface area contributed by atoms with Gasteiger partial charge < -0.3 is 15.2 Å². The SMILES string of the molecule is CCCS(=O)(=O)c1ccccc1C(=O)Nc1ccc(OCC(=O)O)cc1C. The molecule has 0 radical (unpaired) electrons. The molecule has 2 rings (SSSR count). The van der Waals surface area contributed by atoms with Crippen LogP contribution >= 0.6 is 0 Å². The number of carboxylic acid groups (broad SMARTS) is 1. The summed E-state index contributed by atoms with van der Waals surface area (Å²) >= 11 is 0. The van der Waals surface area contributed by atoms with E-state index in [9.17, 15) is 18.0 Å². The molecule has 0 atom stereocenters. The van der Waals surface area contributed by atoms with Gasteiger partial charge in [0.15, 0.2) is 16.4 Å². The minimum absolute atomic E-state index is 0.00316. The van der Waals surface area contributed by atoms with Crippen LogP contribution in [0.15, 0.2) is 47.4 Å². The van der Waals surface area contributed by atoms with Gasteiger partial charge in [0, 0.05) is 5.69 Å². The van der Waals surface area contributed by atoms with Gasteiger partial charge in [0.1, 0.15) is 5.75 Å². The number of sulfone groups is 1. The number of aliphatic carboxylic acids is 1. The number of amides is 1. The molecule has 8 heteroatoms. The lowest BCUT2D eigenvalue weighted by Gasteiger charge is -2.13. The molecule has 0 heterocycles. The predicted molar refractivity (Wildman–Crippen MR) is 101 cm³/mol. The maximum atomic E-state index is 12.7. The van der Waals surface area contributed by atoms with E-state index in [0.717, 1.165) is 0 Å². The second-order valence-corrected chi connectivity index (χ2v) is 8.01. The average molecular weight is 391 g/mol. The third kappa shape index (κ3) is 5.30. The Bertz CT molecular complexity index is 952. The molecule has 0 unspecified atom stereocenters. The third-order valence-electron chi connectivity index (χ3n) is 3.75. The zero-order chi connectivity index (χ0) is 20.0. The van der Waals surface area contributed by atoms with Gasteiger partial charge in [0.25, 0.3) is 5.91 Å². The van der Waals surface area contributed by atoms with Crippen molar-refractivity contribution < 1.29 is 27.9 Å². The number of benzene rings is 2. The highest BCUT2D eigenvalue weighted by atomic mass is 32.2. The van der Waals surface area contributed by atoms with E-state index in [1.807, 2.05) is 0 Å². The number of hydrogen-bond acceptors (Lipinski definition) is 5. The van der Waals surface area contributed by atoms with Crippen LogP contribution in [0.5, 0.6) is 5.75 Å². The number of ether oxygens (including phenoxy) is 1. The monoisotopic (exact) mass is 391 g/mol. The number of nitrogens with one attached hydrogen (secondary N) is 1. The van der Waals surface area contributed by atoms with Crippen LogP contribution in [0.4, 0.5) is 5.69 Å². The molecule has 2 aromatic rings. The lowest BCUT2D eigenvalue weighted by atomic mass is 10.1. The summed E-state index contributed by atoms with van der Waals surface area (Å²) in [5, 5.41) is 11.3. The lowest BCUT2D eigenvalue weighted by Crippen LogP contribution is -2.18. The smallest absolute Gasteiger partial charge is 0.341 e. The highest BCUT2D eigenvalue weighted by Gasteiger charge is 2.21. The highest BCUT2D eigenvalue weighted by Crippen LogP contribution is 2.24. The minimum Gasteiger partial charge on any atom is -0.482 e. The molecule has 2 aromatic carbocycles. The molecule has 27 heavy (non-hydrogen) atoms. The van der Waals surface area contributed by atoms with E-state index < -0.39 is 28.3 Å². The fraction of sp³-hybridized carbons (Fsp3) is 0.263. The first kappa shape index (κ1) is 20.4. The molecule has 0 aliphatic rings. The number of carbonyl (C=O) groups excluding carboxylic acids is 1. The number of rotatable bonds is 8. The maximum Gasteiger partial charge on any atom is 0.341 e. The van der Waals surface area contributed by atoms with Crippen LogP contribution in [0.2, 0.25) is 0 Å². The van der Waals surface area contributed by atoms with Crippen LogP contribution in [0.25, 0.3) is 0 Å². The molecular weight excluding hydrogens is 370 g/mol. The Labute approximate surface area is 157 Å². The lowest BCUT2D eigenvalue weighted by molar-refractivity contribution is -0.139. The summed E-state index contributed by atoms with van der Waals surface area (Å²) in [4.78, 5) is 23.2. The van der Waals surface area contributed by atoms with E-state index in [1.54, 1.807) is 38.1 Å². The zero-order valence-electron chi connectivity index (χ0n) is 15.1. The molecule has 1 amide bonds. The number of anilines is 1. The molecule has 0 saturated heterocycles. The summed E-state index contributed by atoms with van der Waals surface area (Å²) < 4.78 is 29.9. The van der Waals surface area contributed by atoms with E-state index in [0.29, 0.717) is 23.4 Å². The van der Waals surface area contributed by atoms with Gasteiger partial charge in [-0.1, -0.05) is 19.1 Å². The van der Waals surface area contributed by atoms with Gasteiger partial charge in [-0.25, -0.2) is 13.2 Å². The van der Waals surface area contributed by atoms with Crippen molar-refractivity contribution in [1.29, 1.82) is 0 Å². The van der Waals surface area contributed by atoms with Crippen molar-refractivity contribution in [3.8, 4) is 5.75 Å². The average Bonchev–Trinajstić information content (AvgIpc) is 2.62. The minimum atomic E-state index is -3.55. The Morgan fingerprint density at radius 2 is 1.85 bits per heavy atom. The van der Waals surface area contributed by atoms with Crippen molar-refractivity contribution >= 4 is 27.4 Å². The molecule has 7 nitrogen and oxygen atoms in total. The van der Waals surface area contributed by atoms with Crippen LogP contribution in [0, 0.1) is 6.92 Å². The van der Waals surface area contributed by atoms with Crippen LogP contribution < -0.4 is 10.1 Å². The van der Waals surface area contributed by atoms with Crippen molar-refractivity contribution in [1.82, 2.24) is 0 Å². The van der Waals surface area contributed by atoms with Crippen LogP contribution in [0.3, 0.4) is 0 Å². The molecule has 0 bridgehead atoms.